The van der Waals surface area contributed by atoms with Gasteiger partial charge in [-0.05, 0) is 36.2 Å². The number of carbonyl (C=O) groups is 2. The monoisotopic (exact) mass is 357 g/mol. The molecular formula is C20H23NO5. The van der Waals surface area contributed by atoms with Gasteiger partial charge in [0, 0.05) is 5.56 Å². The third-order valence-electron chi connectivity index (χ3n) is 3.59. The van der Waals surface area contributed by atoms with E-state index in [4.69, 9.17) is 9.47 Å². The summed E-state index contributed by atoms with van der Waals surface area (Å²) in [4.78, 5) is 24.3. The normalized spacial score (nSPS) is 11.5. The van der Waals surface area contributed by atoms with Crippen LogP contribution in [-0.4, -0.2) is 36.2 Å². The van der Waals surface area contributed by atoms with Gasteiger partial charge in [-0.2, -0.15) is 0 Å². The van der Waals surface area contributed by atoms with E-state index >= 15 is 0 Å². The molecule has 0 saturated carbocycles. The van der Waals surface area contributed by atoms with Gasteiger partial charge in [0.1, 0.15) is 12.4 Å². The van der Waals surface area contributed by atoms with E-state index in [1.54, 1.807) is 24.3 Å². The Hall–Kier alpha value is -2.86. The smallest absolute Gasteiger partial charge is 0.331 e. The number of rotatable bonds is 9. The zero-order chi connectivity index (χ0) is 18.8. The van der Waals surface area contributed by atoms with Crippen LogP contribution in [0.15, 0.2) is 54.6 Å². The molecule has 0 bridgehead atoms. The van der Waals surface area contributed by atoms with Crippen LogP contribution in [0.2, 0.25) is 0 Å². The van der Waals surface area contributed by atoms with Gasteiger partial charge in [-0.25, -0.2) is 4.79 Å². The maximum Gasteiger partial charge on any atom is 0.331 e. The van der Waals surface area contributed by atoms with Crippen LogP contribution in [0, 0.1) is 0 Å². The lowest BCUT2D eigenvalue weighted by Crippen LogP contribution is -2.44. The van der Waals surface area contributed by atoms with E-state index in [-0.39, 0.29) is 6.61 Å². The number of aliphatic hydroxyl groups is 1. The molecule has 0 saturated heterocycles. The van der Waals surface area contributed by atoms with E-state index in [1.165, 1.54) is 0 Å². The Bertz CT molecular complexity index is 700. The Balaban J connectivity index is 1.89. The molecule has 0 aliphatic heterocycles. The van der Waals surface area contributed by atoms with Gasteiger partial charge in [-0.3, -0.25) is 4.79 Å². The molecule has 0 heterocycles. The second kappa shape index (κ2) is 10.2. The predicted octanol–water partition coefficient (Wildman–Crippen LogP) is 2.31. The van der Waals surface area contributed by atoms with Crippen molar-refractivity contribution in [3.63, 3.8) is 0 Å². The van der Waals surface area contributed by atoms with Crippen LogP contribution in [0.1, 0.15) is 29.3 Å². The maximum absolute atomic E-state index is 12.2. The Morgan fingerprint density at radius 1 is 1.08 bits per heavy atom. The molecule has 2 rings (SSSR count). The van der Waals surface area contributed by atoms with Gasteiger partial charge in [0.25, 0.3) is 5.91 Å². The van der Waals surface area contributed by atoms with Gasteiger partial charge in [0.2, 0.25) is 0 Å². The molecule has 138 valence electrons. The van der Waals surface area contributed by atoms with Crippen molar-refractivity contribution in [2.45, 2.75) is 26.0 Å². The van der Waals surface area contributed by atoms with Crippen LogP contribution >= 0.6 is 0 Å². The molecule has 2 N–H and O–H groups in total. The van der Waals surface area contributed by atoms with Crippen LogP contribution in [0.4, 0.5) is 0 Å². The van der Waals surface area contributed by atoms with E-state index in [0.717, 1.165) is 12.0 Å². The number of hydrogen-bond acceptors (Lipinski definition) is 5. The van der Waals surface area contributed by atoms with Crippen molar-refractivity contribution >= 4 is 11.9 Å². The minimum atomic E-state index is -1.12. The highest BCUT2D eigenvalue weighted by Crippen LogP contribution is 2.12. The summed E-state index contributed by atoms with van der Waals surface area (Å²) in [6.07, 6.45) is 0.894. The van der Waals surface area contributed by atoms with Crippen molar-refractivity contribution in [3.8, 4) is 5.75 Å². The molecule has 0 radical (unpaired) electrons. The number of amides is 1. The summed E-state index contributed by atoms with van der Waals surface area (Å²) in [6, 6.07) is 14.6. The summed E-state index contributed by atoms with van der Waals surface area (Å²) in [5.74, 6) is -0.486. The number of carbonyl (C=O) groups excluding carboxylic acids is 2. The number of hydrogen-bond donors (Lipinski definition) is 2. The number of esters is 1. The number of ether oxygens (including phenoxy) is 2. The summed E-state index contributed by atoms with van der Waals surface area (Å²) in [7, 11) is 0. The van der Waals surface area contributed by atoms with E-state index in [9.17, 15) is 14.7 Å². The van der Waals surface area contributed by atoms with Crippen LogP contribution in [0.3, 0.4) is 0 Å². The van der Waals surface area contributed by atoms with Gasteiger partial charge in [-0.15, -0.1) is 0 Å². The minimum absolute atomic E-state index is 0.0789. The first-order chi connectivity index (χ1) is 12.6. The molecule has 6 heteroatoms. The number of benzene rings is 2. The zero-order valence-corrected chi connectivity index (χ0v) is 14.7. The number of aliphatic hydroxyl groups excluding tert-OH is 1. The summed E-state index contributed by atoms with van der Waals surface area (Å²) >= 11 is 0. The van der Waals surface area contributed by atoms with Crippen LogP contribution in [0.25, 0.3) is 0 Å². The fourth-order valence-electron chi connectivity index (χ4n) is 2.17. The average molecular weight is 357 g/mol. The average Bonchev–Trinajstić information content (AvgIpc) is 2.69. The van der Waals surface area contributed by atoms with Crippen molar-refractivity contribution < 1.29 is 24.2 Å². The van der Waals surface area contributed by atoms with Gasteiger partial charge < -0.3 is 19.9 Å². The van der Waals surface area contributed by atoms with Crippen molar-refractivity contribution in [1.29, 1.82) is 0 Å². The molecule has 0 aromatic heterocycles. The van der Waals surface area contributed by atoms with Crippen molar-refractivity contribution in [2.75, 3.05) is 13.2 Å². The molecule has 6 nitrogen and oxygen atoms in total. The van der Waals surface area contributed by atoms with Gasteiger partial charge >= 0.3 is 5.97 Å². The fourth-order valence-corrected chi connectivity index (χ4v) is 2.17. The fraction of sp³-hybridized carbons (Fsp3) is 0.300. The minimum Gasteiger partial charge on any atom is -0.494 e. The first-order valence-electron chi connectivity index (χ1n) is 8.49. The largest absolute Gasteiger partial charge is 0.494 e. The lowest BCUT2D eigenvalue weighted by Gasteiger charge is -2.15. The molecule has 0 unspecified atom stereocenters. The van der Waals surface area contributed by atoms with E-state index in [0.29, 0.717) is 17.9 Å². The molecule has 1 amide bonds. The van der Waals surface area contributed by atoms with Crippen molar-refractivity contribution in [1.82, 2.24) is 5.32 Å². The van der Waals surface area contributed by atoms with Crippen molar-refractivity contribution in [2.24, 2.45) is 0 Å². The Morgan fingerprint density at radius 2 is 1.77 bits per heavy atom. The molecule has 2 aromatic rings. The lowest BCUT2D eigenvalue weighted by atomic mass is 10.2. The first-order valence-corrected chi connectivity index (χ1v) is 8.49. The van der Waals surface area contributed by atoms with E-state index in [2.05, 4.69) is 5.32 Å². The summed E-state index contributed by atoms with van der Waals surface area (Å²) in [5.41, 5.74) is 1.19. The summed E-state index contributed by atoms with van der Waals surface area (Å²) < 4.78 is 10.6. The highest BCUT2D eigenvalue weighted by Gasteiger charge is 2.22. The molecule has 1 atom stereocenters. The molecule has 0 aliphatic rings. The summed E-state index contributed by atoms with van der Waals surface area (Å²) in [6.45, 7) is 2.14. The Morgan fingerprint density at radius 3 is 2.38 bits per heavy atom. The van der Waals surface area contributed by atoms with E-state index in [1.807, 2.05) is 37.3 Å². The maximum atomic E-state index is 12.2. The van der Waals surface area contributed by atoms with Crippen LogP contribution in [-0.2, 0) is 16.1 Å². The predicted molar refractivity (Wildman–Crippen MR) is 96.8 cm³/mol. The third-order valence-corrected chi connectivity index (χ3v) is 3.59. The standard InChI is InChI=1S/C20H23NO5/c1-2-12-25-17-10-8-16(9-11-17)19(23)21-18(13-22)20(24)26-14-15-6-4-3-5-7-15/h3-11,18,22H,2,12-14H2,1H3,(H,21,23)/t18-/m0/s1. The number of nitrogens with one attached hydrogen (secondary N) is 1. The quantitative estimate of drug-likeness (QED) is 0.673. The first kappa shape index (κ1) is 19.5. The van der Waals surface area contributed by atoms with Crippen molar-refractivity contribution in [3.05, 3.63) is 65.7 Å². The second-order valence-corrected chi connectivity index (χ2v) is 5.67. The van der Waals surface area contributed by atoms with E-state index < -0.39 is 24.5 Å². The van der Waals surface area contributed by atoms with Gasteiger partial charge in [0.05, 0.1) is 13.2 Å². The van der Waals surface area contributed by atoms with Gasteiger partial charge in [-0.1, -0.05) is 37.3 Å². The molecule has 26 heavy (non-hydrogen) atoms. The summed E-state index contributed by atoms with van der Waals surface area (Å²) in [5, 5.41) is 11.9. The molecule has 2 aromatic carbocycles. The molecule has 0 fully saturated rings. The Kier molecular flexibility index (Phi) is 7.64. The zero-order valence-electron chi connectivity index (χ0n) is 14.7. The highest BCUT2D eigenvalue weighted by molar-refractivity contribution is 5.96. The lowest BCUT2D eigenvalue weighted by molar-refractivity contribution is -0.148. The Labute approximate surface area is 152 Å². The van der Waals surface area contributed by atoms with Gasteiger partial charge in [0.15, 0.2) is 6.04 Å². The molecule has 0 aliphatic carbocycles. The topological polar surface area (TPSA) is 84.9 Å². The van der Waals surface area contributed by atoms with Crippen LogP contribution in [0.5, 0.6) is 5.75 Å². The highest BCUT2D eigenvalue weighted by atomic mass is 16.5. The van der Waals surface area contributed by atoms with Crippen LogP contribution < -0.4 is 10.1 Å². The third kappa shape index (κ3) is 5.89. The molecular weight excluding hydrogens is 334 g/mol. The second-order valence-electron chi connectivity index (χ2n) is 5.67. The SMILES string of the molecule is CCCOc1ccc(C(=O)N[C@@H](CO)C(=O)OCc2ccccc2)cc1. The molecule has 0 spiro atoms.